The molecule has 6 aromatic rings. The first-order valence-corrected chi connectivity index (χ1v) is 26.2. The highest BCUT2D eigenvalue weighted by Crippen LogP contribution is 2.40. The number of rotatable bonds is 16. The van der Waals surface area contributed by atoms with E-state index in [4.69, 9.17) is 18.9 Å². The molecule has 0 aliphatic carbocycles. The van der Waals surface area contributed by atoms with E-state index in [0.717, 1.165) is 110 Å². The van der Waals surface area contributed by atoms with Crippen molar-refractivity contribution in [3.05, 3.63) is 133 Å². The molecule has 0 radical (unpaired) electrons. The van der Waals surface area contributed by atoms with Gasteiger partial charge >= 0.3 is 11.9 Å². The molecule has 2 atom stereocenters. The second-order valence-electron chi connectivity index (χ2n) is 17.9. The molecule has 6 heterocycles. The minimum atomic E-state index is -1.24. The fourth-order valence-corrected chi connectivity index (χ4v) is 10.8. The normalized spacial score (nSPS) is 18.1. The highest BCUT2D eigenvalue weighted by atomic mass is 32.2. The highest BCUT2D eigenvalue weighted by molar-refractivity contribution is 8.01. The molecule has 0 saturated carbocycles. The van der Waals surface area contributed by atoms with Crippen LogP contribution in [-0.4, -0.2) is 155 Å². The third-order valence-corrected chi connectivity index (χ3v) is 15.1. The molecule has 20 heteroatoms. The maximum Gasteiger partial charge on any atom is 0.332 e. The van der Waals surface area contributed by atoms with Crippen molar-refractivity contribution in [3.63, 3.8) is 0 Å². The topological polar surface area (TPSA) is 202 Å². The number of carbonyl (C=O) groups excluding carboxylic acids is 6. The average molecular weight is 1040 g/mol. The van der Waals surface area contributed by atoms with Gasteiger partial charge in [0.2, 0.25) is 10.9 Å². The molecule has 4 aliphatic rings. The molecule has 0 bridgehead atoms. The van der Waals surface area contributed by atoms with E-state index in [2.05, 4.69) is 30.4 Å². The van der Waals surface area contributed by atoms with Gasteiger partial charge in [-0.05, 0) is 73.5 Å². The van der Waals surface area contributed by atoms with Crippen molar-refractivity contribution < 1.29 is 47.7 Å². The van der Waals surface area contributed by atoms with Gasteiger partial charge in [-0.1, -0.05) is 72.1 Å². The molecule has 2 unspecified atom stereocenters. The van der Waals surface area contributed by atoms with E-state index in [1.165, 1.54) is 0 Å². The first-order valence-electron chi connectivity index (χ1n) is 24.4. The smallest absolute Gasteiger partial charge is 0.332 e. The molecule has 4 amide bonds. The molecule has 4 aromatic carbocycles. The molecule has 10 rings (SSSR count). The number of fused-ring (bicyclic) bond motifs is 4. The number of ether oxygens (including phenoxy) is 4. The number of carbonyl (C=O) groups is 6. The zero-order valence-corrected chi connectivity index (χ0v) is 41.8. The lowest BCUT2D eigenvalue weighted by atomic mass is 10.2. The first kappa shape index (κ1) is 50.0. The summed E-state index contributed by atoms with van der Waals surface area (Å²) in [5.74, 6) is -1.97. The third kappa shape index (κ3) is 12.3. The van der Waals surface area contributed by atoms with Crippen LogP contribution >= 0.6 is 23.5 Å². The van der Waals surface area contributed by atoms with Crippen LogP contribution in [0.15, 0.2) is 131 Å². The average Bonchev–Trinajstić information content (AvgIpc) is 3.43. The number of aromatic nitrogens is 2. The molecular weight excluding hydrogens is 985 g/mol. The molecule has 0 spiro atoms. The largest absolute Gasteiger partial charge is 0.494 e. The number of benzene rings is 4. The van der Waals surface area contributed by atoms with Gasteiger partial charge in [0.1, 0.15) is 22.9 Å². The van der Waals surface area contributed by atoms with Gasteiger partial charge in [0, 0.05) is 98.2 Å². The maximum atomic E-state index is 13.2. The van der Waals surface area contributed by atoms with E-state index in [1.54, 1.807) is 48.5 Å². The van der Waals surface area contributed by atoms with Gasteiger partial charge in [0.15, 0.2) is 0 Å². The number of para-hydroxylation sites is 2. The minimum Gasteiger partial charge on any atom is -0.494 e. The summed E-state index contributed by atoms with van der Waals surface area (Å²) in [7, 11) is 0. The Labute approximate surface area is 434 Å². The summed E-state index contributed by atoms with van der Waals surface area (Å²) in [6.45, 7) is 7.91. The number of anilines is 2. The van der Waals surface area contributed by atoms with E-state index in [9.17, 15) is 28.8 Å². The Hall–Kier alpha value is -7.52. The van der Waals surface area contributed by atoms with Crippen LogP contribution in [0.4, 0.5) is 11.4 Å². The number of esters is 2. The highest BCUT2D eigenvalue weighted by Gasteiger charge is 2.33. The van der Waals surface area contributed by atoms with Gasteiger partial charge in [-0.25, -0.2) is 19.6 Å². The monoisotopic (exact) mass is 1040 g/mol. The molecule has 74 heavy (non-hydrogen) atoms. The molecule has 2 N–H and O–H groups in total. The van der Waals surface area contributed by atoms with Gasteiger partial charge in [-0.3, -0.25) is 29.0 Å². The molecule has 2 aromatic heterocycles. The fourth-order valence-electron chi connectivity index (χ4n) is 8.89. The van der Waals surface area contributed by atoms with E-state index in [1.807, 2.05) is 70.5 Å². The summed E-state index contributed by atoms with van der Waals surface area (Å²) in [6, 6.07) is 33.4. The molecule has 4 aliphatic heterocycles. The molecule has 18 nitrogen and oxygen atoms in total. The second-order valence-corrected chi connectivity index (χ2v) is 20.1. The summed E-state index contributed by atoms with van der Waals surface area (Å²) in [5, 5.41) is 7.48. The quantitative estimate of drug-likeness (QED) is 0.0619. The molecular formula is C54H52N8O10S2. The zero-order valence-electron chi connectivity index (χ0n) is 40.2. The van der Waals surface area contributed by atoms with Crippen LogP contribution in [0.3, 0.4) is 0 Å². The van der Waals surface area contributed by atoms with E-state index in [-0.39, 0.29) is 11.8 Å². The van der Waals surface area contributed by atoms with E-state index >= 15 is 0 Å². The number of nitrogens with one attached hydrogen (secondary N) is 2. The Bertz CT molecular complexity index is 2940. The van der Waals surface area contributed by atoms with Crippen molar-refractivity contribution in [2.75, 3.05) is 89.3 Å². The third-order valence-electron chi connectivity index (χ3n) is 12.8. The lowest BCUT2D eigenvalue weighted by molar-refractivity contribution is -0.146. The number of pyridine rings is 2. The Morgan fingerprint density at radius 2 is 0.959 bits per heavy atom. The first-order chi connectivity index (χ1) is 36.1. The van der Waals surface area contributed by atoms with Crippen LogP contribution in [-0.2, 0) is 28.7 Å². The molecule has 2 saturated heterocycles. The lowest BCUT2D eigenvalue weighted by Gasteiger charge is -2.34. The van der Waals surface area contributed by atoms with Crippen molar-refractivity contribution in [2.45, 2.75) is 33.5 Å². The van der Waals surface area contributed by atoms with Crippen molar-refractivity contribution in [1.82, 2.24) is 29.6 Å². The van der Waals surface area contributed by atoms with Crippen LogP contribution in [0.25, 0.3) is 21.8 Å². The molecule has 2 fully saturated rings. The number of piperazine rings is 2. The predicted octanol–water partition coefficient (Wildman–Crippen LogP) is 6.32. The van der Waals surface area contributed by atoms with Crippen molar-refractivity contribution in [2.24, 2.45) is 0 Å². The summed E-state index contributed by atoms with van der Waals surface area (Å²) in [5.41, 5.74) is 1.10. The Kier molecular flexibility index (Phi) is 15.6. The SMILES string of the molecule is O=C(/C=C\C(=O)OC1Sc2cc(OCCCN3CCN(C(=O)c4ccc5ccccc5n4)CC3)ccc2NC1=O)OC1Sc2cc(OCCCN3CCN(C(=O)c4ccc5ccccc5n4)CC3)ccc2NC1=O. The zero-order chi connectivity index (χ0) is 51.0. The van der Waals surface area contributed by atoms with E-state index < -0.39 is 34.6 Å². The standard InChI is InChI=1S/C54H52N8O10S2/c63-47(71-53-49(65)57-41-17-13-37(33-45(41)73-53)69-31-5-21-59-23-27-61(28-24-59)51(67)43-15-11-35-7-1-3-9-39(35)55-43)19-20-48(64)72-54-50(66)58-42-18-14-38(34-46(42)74-54)70-32-6-22-60-25-29-62(30-26-60)52(68)44-16-12-36-8-2-4-10-40(36)56-44/h1-4,7-20,33-34,53-54H,5-6,21-32H2,(H,57,65)(H,58,66)/b20-19-. The number of hydrogen-bond donors (Lipinski definition) is 2. The number of thioether (sulfide) groups is 2. The number of amides is 4. The Morgan fingerprint density at radius 3 is 1.39 bits per heavy atom. The van der Waals surface area contributed by atoms with Crippen LogP contribution in [0.2, 0.25) is 0 Å². The van der Waals surface area contributed by atoms with E-state index in [0.29, 0.717) is 83.4 Å². The summed E-state index contributed by atoms with van der Waals surface area (Å²) in [4.78, 5) is 96.3. The van der Waals surface area contributed by atoms with Gasteiger partial charge in [-0.15, -0.1) is 0 Å². The fraction of sp³-hybridized carbons (Fsp3) is 0.296. The summed E-state index contributed by atoms with van der Waals surface area (Å²) >= 11 is 2.06. The number of hydrogen-bond acceptors (Lipinski definition) is 16. The van der Waals surface area contributed by atoms with Crippen LogP contribution in [0.5, 0.6) is 11.5 Å². The van der Waals surface area contributed by atoms with Gasteiger partial charge in [0.05, 0.1) is 35.6 Å². The van der Waals surface area contributed by atoms with Crippen LogP contribution < -0.4 is 20.1 Å². The summed E-state index contributed by atoms with van der Waals surface area (Å²) in [6.07, 6.45) is 3.20. The lowest BCUT2D eigenvalue weighted by Crippen LogP contribution is -2.49. The van der Waals surface area contributed by atoms with Crippen molar-refractivity contribution in [1.29, 1.82) is 0 Å². The predicted molar refractivity (Wildman–Crippen MR) is 279 cm³/mol. The van der Waals surface area contributed by atoms with Crippen LogP contribution in [0, 0.1) is 0 Å². The van der Waals surface area contributed by atoms with Gasteiger partial charge in [-0.2, -0.15) is 0 Å². The second kappa shape index (κ2) is 23.1. The molecule has 380 valence electrons. The summed E-state index contributed by atoms with van der Waals surface area (Å²) < 4.78 is 22.9. The van der Waals surface area contributed by atoms with Gasteiger partial charge in [0.25, 0.3) is 23.6 Å². The minimum absolute atomic E-state index is 0.0627. The maximum absolute atomic E-state index is 13.2. The number of nitrogens with zero attached hydrogens (tertiary/aromatic N) is 6. The Balaban J connectivity index is 0.616. The van der Waals surface area contributed by atoms with Crippen LogP contribution in [0.1, 0.15) is 33.8 Å². The Morgan fingerprint density at radius 1 is 0.541 bits per heavy atom. The van der Waals surface area contributed by atoms with Crippen molar-refractivity contribution >= 4 is 92.3 Å². The van der Waals surface area contributed by atoms with Gasteiger partial charge < -0.3 is 39.4 Å². The van der Waals surface area contributed by atoms with Crippen molar-refractivity contribution in [3.8, 4) is 11.5 Å².